The van der Waals surface area contributed by atoms with Crippen molar-refractivity contribution in [2.75, 3.05) is 0 Å². The van der Waals surface area contributed by atoms with E-state index >= 15 is 0 Å². The normalized spacial score (nSPS) is 16.8. The zero-order valence-corrected chi connectivity index (χ0v) is 11.0. The fourth-order valence-electron chi connectivity index (χ4n) is 2.30. The Kier molecular flexibility index (Phi) is 2.25. The maximum absolute atomic E-state index is 10.5. The molecule has 1 aromatic carbocycles. The predicted octanol–water partition coefficient (Wildman–Crippen LogP) is 3.27. The molecule has 1 saturated carbocycles. The van der Waals surface area contributed by atoms with Gasteiger partial charge in [0.15, 0.2) is 0 Å². The molecule has 1 fully saturated rings. The summed E-state index contributed by atoms with van der Waals surface area (Å²) in [6, 6.07) is 6.26. The minimum absolute atomic E-state index is 0.286. The van der Waals surface area contributed by atoms with Crippen LogP contribution in [0.4, 0.5) is 0 Å². The van der Waals surface area contributed by atoms with Crippen LogP contribution in [0.3, 0.4) is 0 Å². The van der Waals surface area contributed by atoms with Gasteiger partial charge in [-0.15, -0.1) is 0 Å². The van der Waals surface area contributed by atoms with Crippen LogP contribution in [0.2, 0.25) is 0 Å². The smallest absolute Gasteiger partial charge is 0.235 e. The van der Waals surface area contributed by atoms with E-state index < -0.39 is 0 Å². The molecule has 1 aromatic heterocycles. The molecule has 1 heterocycles. The number of hydrogen-bond donors (Lipinski definition) is 0. The second-order valence-corrected chi connectivity index (χ2v) is 5.41. The van der Waals surface area contributed by atoms with Gasteiger partial charge in [-0.2, -0.15) is 4.99 Å². The van der Waals surface area contributed by atoms with Crippen molar-refractivity contribution in [1.82, 2.24) is 4.57 Å². The third kappa shape index (κ3) is 1.56. The average Bonchev–Trinajstić information content (AvgIpc) is 3.04. The van der Waals surface area contributed by atoms with Crippen LogP contribution in [0.5, 0.6) is 0 Å². The van der Waals surface area contributed by atoms with E-state index in [1.165, 1.54) is 5.52 Å². The van der Waals surface area contributed by atoms with Gasteiger partial charge in [0.05, 0.1) is 5.54 Å². The maximum atomic E-state index is 10.5. The summed E-state index contributed by atoms with van der Waals surface area (Å²) in [4.78, 5) is 14.4. The summed E-state index contributed by atoms with van der Waals surface area (Å²) in [5, 5.41) is 1.16. The molecule has 0 radical (unpaired) electrons. The Morgan fingerprint density at radius 1 is 1.47 bits per heavy atom. The third-order valence-electron chi connectivity index (χ3n) is 3.46. The summed E-state index contributed by atoms with van der Waals surface area (Å²) in [5.74, 6) is 0. The Balaban J connectivity index is 2.20. The first-order valence-electron chi connectivity index (χ1n) is 5.50. The highest BCUT2D eigenvalue weighted by Crippen LogP contribution is 2.50. The first-order chi connectivity index (χ1) is 8.16. The molecular weight excluding hydrogens is 280 g/mol. The van der Waals surface area contributed by atoms with Crippen molar-refractivity contribution in [3.05, 3.63) is 34.4 Å². The number of rotatable bonds is 2. The molecule has 3 nitrogen and oxygen atoms in total. The number of halogens is 1. The van der Waals surface area contributed by atoms with Gasteiger partial charge in [-0.3, -0.25) is 0 Å². The number of benzene rings is 1. The molecule has 0 unspecified atom stereocenters. The molecule has 4 heteroatoms. The summed E-state index contributed by atoms with van der Waals surface area (Å²) in [6.45, 7) is 0. The van der Waals surface area contributed by atoms with Crippen LogP contribution >= 0.6 is 15.9 Å². The molecule has 1 aliphatic carbocycles. The topological polar surface area (TPSA) is 34.4 Å². The van der Waals surface area contributed by atoms with Crippen molar-refractivity contribution >= 4 is 32.9 Å². The van der Waals surface area contributed by atoms with Gasteiger partial charge in [0.2, 0.25) is 6.08 Å². The quantitative estimate of drug-likeness (QED) is 0.617. The van der Waals surface area contributed by atoms with Crippen molar-refractivity contribution < 1.29 is 4.79 Å². The van der Waals surface area contributed by atoms with Gasteiger partial charge in [0.1, 0.15) is 0 Å². The second-order valence-electron chi connectivity index (χ2n) is 4.55. The molecule has 0 N–H and O–H groups in total. The van der Waals surface area contributed by atoms with E-state index in [9.17, 15) is 4.79 Å². The highest BCUT2D eigenvalue weighted by Gasteiger charge is 2.44. The van der Waals surface area contributed by atoms with E-state index in [-0.39, 0.29) is 5.54 Å². The Labute approximate surface area is 107 Å². The Bertz CT molecular complexity index is 649. The fraction of sp³-hybridized carbons (Fsp3) is 0.308. The number of carbonyl (C=O) groups excluding carboxylic acids is 1. The molecular formula is C13H11BrN2O. The number of aromatic nitrogens is 1. The number of aliphatic imine (C=N–C) groups is 1. The standard InChI is InChI=1S/C13H11BrN2O/c1-16-7-11(14)10-6-9(2-3-12(10)16)13(4-5-13)15-8-17/h2-3,6-7H,4-5H2,1H3. The highest BCUT2D eigenvalue weighted by atomic mass is 79.9. The monoisotopic (exact) mass is 290 g/mol. The first-order valence-corrected chi connectivity index (χ1v) is 6.30. The van der Waals surface area contributed by atoms with E-state index in [0.29, 0.717) is 0 Å². The fourth-order valence-corrected chi connectivity index (χ4v) is 2.93. The molecule has 17 heavy (non-hydrogen) atoms. The van der Waals surface area contributed by atoms with Crippen molar-refractivity contribution in [2.45, 2.75) is 18.4 Å². The van der Waals surface area contributed by atoms with Gasteiger partial charge in [-0.25, -0.2) is 4.79 Å². The van der Waals surface area contributed by atoms with Crippen molar-refractivity contribution in [1.29, 1.82) is 0 Å². The van der Waals surface area contributed by atoms with Gasteiger partial charge < -0.3 is 4.57 Å². The summed E-state index contributed by atoms with van der Waals surface area (Å²) in [5.41, 5.74) is 2.00. The molecule has 86 valence electrons. The van der Waals surface area contributed by atoms with Crippen molar-refractivity contribution in [2.24, 2.45) is 12.0 Å². The largest absolute Gasteiger partial charge is 0.349 e. The molecule has 0 aliphatic heterocycles. The lowest BCUT2D eigenvalue weighted by Gasteiger charge is -2.08. The summed E-state index contributed by atoms with van der Waals surface area (Å²) in [7, 11) is 2.02. The SMILES string of the molecule is Cn1cc(Br)c2cc(C3(N=C=O)CC3)ccc21. The Morgan fingerprint density at radius 3 is 2.88 bits per heavy atom. The van der Waals surface area contributed by atoms with Crippen LogP contribution in [0.25, 0.3) is 10.9 Å². The van der Waals surface area contributed by atoms with Gasteiger partial charge in [-0.05, 0) is 46.5 Å². The zero-order chi connectivity index (χ0) is 12.0. The van der Waals surface area contributed by atoms with Gasteiger partial charge >= 0.3 is 0 Å². The van der Waals surface area contributed by atoms with E-state index in [0.717, 1.165) is 28.3 Å². The van der Waals surface area contributed by atoms with Crippen molar-refractivity contribution in [3.63, 3.8) is 0 Å². The number of hydrogen-bond acceptors (Lipinski definition) is 2. The van der Waals surface area contributed by atoms with Crippen molar-refractivity contribution in [3.8, 4) is 0 Å². The molecule has 2 aromatic rings. The van der Waals surface area contributed by atoms with E-state index in [1.807, 2.05) is 13.2 Å². The van der Waals surface area contributed by atoms with Gasteiger partial charge in [0.25, 0.3) is 0 Å². The maximum Gasteiger partial charge on any atom is 0.235 e. The van der Waals surface area contributed by atoms with Crippen LogP contribution in [0.15, 0.2) is 33.9 Å². The molecule has 3 rings (SSSR count). The predicted molar refractivity (Wildman–Crippen MR) is 69.7 cm³/mol. The van der Waals surface area contributed by atoms with Crippen LogP contribution in [0, 0.1) is 0 Å². The number of nitrogens with zero attached hydrogens (tertiary/aromatic N) is 2. The molecule has 0 saturated heterocycles. The highest BCUT2D eigenvalue weighted by molar-refractivity contribution is 9.10. The minimum Gasteiger partial charge on any atom is -0.349 e. The van der Waals surface area contributed by atoms with Crippen LogP contribution in [0.1, 0.15) is 18.4 Å². The van der Waals surface area contributed by atoms with E-state index in [2.05, 4.69) is 43.7 Å². The molecule has 0 atom stereocenters. The number of isocyanates is 1. The van der Waals surface area contributed by atoms with E-state index in [1.54, 1.807) is 6.08 Å². The average molecular weight is 291 g/mol. The zero-order valence-electron chi connectivity index (χ0n) is 9.40. The van der Waals surface area contributed by atoms with Crippen LogP contribution < -0.4 is 0 Å². The molecule has 0 bridgehead atoms. The molecule has 1 aliphatic rings. The van der Waals surface area contributed by atoms with Gasteiger partial charge in [-0.1, -0.05) is 6.07 Å². The Hall–Kier alpha value is -1.38. The lowest BCUT2D eigenvalue weighted by atomic mass is 10.0. The minimum atomic E-state index is -0.286. The summed E-state index contributed by atoms with van der Waals surface area (Å²) < 4.78 is 3.15. The first kappa shape index (κ1) is 10.8. The summed E-state index contributed by atoms with van der Waals surface area (Å²) in [6.07, 6.45) is 5.62. The summed E-state index contributed by atoms with van der Waals surface area (Å²) >= 11 is 3.55. The van der Waals surface area contributed by atoms with Crippen LogP contribution in [-0.4, -0.2) is 10.6 Å². The molecule has 0 spiro atoms. The van der Waals surface area contributed by atoms with E-state index in [4.69, 9.17) is 0 Å². The lowest BCUT2D eigenvalue weighted by molar-refractivity contribution is 0.556. The Morgan fingerprint density at radius 2 is 2.24 bits per heavy atom. The third-order valence-corrected chi connectivity index (χ3v) is 4.09. The lowest BCUT2D eigenvalue weighted by Crippen LogP contribution is -2.01. The second kappa shape index (κ2) is 3.56. The number of aryl methyl sites for hydroxylation is 1. The molecule has 0 amide bonds. The van der Waals surface area contributed by atoms with Crippen LogP contribution in [-0.2, 0) is 17.4 Å². The number of fused-ring (bicyclic) bond motifs is 1. The van der Waals surface area contributed by atoms with Gasteiger partial charge in [0, 0.05) is 28.6 Å².